The summed E-state index contributed by atoms with van der Waals surface area (Å²) in [4.78, 5) is 39.6. The number of piperazine rings is 1. The van der Waals surface area contributed by atoms with Crippen molar-refractivity contribution in [2.45, 2.75) is 12.8 Å². The molecule has 2 amide bonds. The first-order valence-electron chi connectivity index (χ1n) is 10.2. The number of anilines is 1. The molecule has 31 heavy (non-hydrogen) atoms. The fraction of sp³-hybridized carbons (Fsp3) is 0.429. The Hall–Kier alpha value is -2.58. The maximum absolute atomic E-state index is 13.0. The number of hydrogen-bond acceptors (Lipinski definition) is 6. The molecule has 0 N–H and O–H groups in total. The Bertz CT molecular complexity index is 943. The Balaban J connectivity index is 1.32. The number of halogens is 2. The van der Waals surface area contributed by atoms with Gasteiger partial charge >= 0.3 is 0 Å². The molecule has 2 aromatic rings. The summed E-state index contributed by atoms with van der Waals surface area (Å²) in [5, 5.41) is 0.846. The monoisotopic (exact) mass is 463 g/mol. The molecule has 4 rings (SSSR count). The second kappa shape index (κ2) is 9.70. The van der Waals surface area contributed by atoms with E-state index in [1.807, 2.05) is 0 Å². The van der Waals surface area contributed by atoms with Gasteiger partial charge in [-0.3, -0.25) is 9.59 Å². The van der Waals surface area contributed by atoms with E-state index in [-0.39, 0.29) is 29.1 Å². The highest BCUT2D eigenvalue weighted by molar-refractivity contribution is 6.33. The maximum Gasteiger partial charge on any atom is 0.274 e. The van der Waals surface area contributed by atoms with Crippen molar-refractivity contribution in [3.05, 3.63) is 46.2 Å². The number of amides is 2. The number of benzene rings is 1. The molecule has 1 aromatic heterocycles. The van der Waals surface area contributed by atoms with Crippen LogP contribution in [0.2, 0.25) is 10.0 Å². The van der Waals surface area contributed by atoms with Crippen LogP contribution in [0.3, 0.4) is 0 Å². The fourth-order valence-electron chi connectivity index (χ4n) is 3.65. The molecule has 10 heteroatoms. The van der Waals surface area contributed by atoms with E-state index in [4.69, 9.17) is 27.9 Å². The average Bonchev–Trinajstić information content (AvgIpc) is 3.33. The van der Waals surface area contributed by atoms with Crippen molar-refractivity contribution in [2.24, 2.45) is 0 Å². The zero-order valence-corrected chi connectivity index (χ0v) is 18.5. The molecule has 0 unspecified atom stereocenters. The van der Waals surface area contributed by atoms with Crippen LogP contribution in [0, 0.1) is 0 Å². The van der Waals surface area contributed by atoms with Gasteiger partial charge in [0.05, 0.1) is 11.2 Å². The smallest absolute Gasteiger partial charge is 0.274 e. The minimum Gasteiger partial charge on any atom is -0.484 e. The number of ether oxygens (including phenoxy) is 1. The lowest BCUT2D eigenvalue weighted by Gasteiger charge is -2.34. The van der Waals surface area contributed by atoms with E-state index >= 15 is 0 Å². The molecule has 1 aromatic carbocycles. The fourth-order valence-corrected chi connectivity index (χ4v) is 3.95. The minimum atomic E-state index is -0.239. The van der Waals surface area contributed by atoms with Gasteiger partial charge in [0.15, 0.2) is 12.3 Å². The summed E-state index contributed by atoms with van der Waals surface area (Å²) in [6, 6.07) is 6.85. The summed E-state index contributed by atoms with van der Waals surface area (Å²) in [6.07, 6.45) is 3.67. The lowest BCUT2D eigenvalue weighted by molar-refractivity contribution is -0.134. The van der Waals surface area contributed by atoms with Gasteiger partial charge < -0.3 is 19.4 Å². The Morgan fingerprint density at radius 1 is 0.935 bits per heavy atom. The summed E-state index contributed by atoms with van der Waals surface area (Å²) in [7, 11) is 0. The van der Waals surface area contributed by atoms with E-state index < -0.39 is 0 Å². The standard InChI is InChI=1S/C21H23Cl2N5O3/c22-15-3-5-16(6-4-15)31-14-18(29)26-9-11-27(12-10-26)20(30)19-17(23)13-24-21(25-19)28-7-1-2-8-28/h3-6,13H,1-2,7-12,14H2. The van der Waals surface area contributed by atoms with E-state index in [2.05, 4.69) is 14.9 Å². The summed E-state index contributed by atoms with van der Waals surface area (Å²) in [5.74, 6) is 0.757. The first-order valence-corrected chi connectivity index (χ1v) is 11.0. The number of hydrogen-bond donors (Lipinski definition) is 0. The highest BCUT2D eigenvalue weighted by atomic mass is 35.5. The first-order chi connectivity index (χ1) is 15.0. The van der Waals surface area contributed by atoms with Crippen molar-refractivity contribution in [1.29, 1.82) is 0 Å². The van der Waals surface area contributed by atoms with Crippen LogP contribution in [0.15, 0.2) is 30.5 Å². The van der Waals surface area contributed by atoms with Crippen LogP contribution in [-0.4, -0.2) is 77.5 Å². The van der Waals surface area contributed by atoms with E-state index in [1.165, 1.54) is 6.20 Å². The highest BCUT2D eigenvalue weighted by Gasteiger charge is 2.28. The third kappa shape index (κ3) is 5.19. The minimum absolute atomic E-state index is 0.0630. The molecule has 0 bridgehead atoms. The zero-order chi connectivity index (χ0) is 21.8. The van der Waals surface area contributed by atoms with Crippen LogP contribution in [0.4, 0.5) is 5.95 Å². The van der Waals surface area contributed by atoms with Gasteiger partial charge in [-0.2, -0.15) is 0 Å². The van der Waals surface area contributed by atoms with Gasteiger partial charge in [0.25, 0.3) is 11.8 Å². The van der Waals surface area contributed by atoms with Gasteiger partial charge in [-0.25, -0.2) is 9.97 Å². The van der Waals surface area contributed by atoms with E-state index in [1.54, 1.807) is 34.1 Å². The van der Waals surface area contributed by atoms with Crippen LogP contribution in [0.5, 0.6) is 5.75 Å². The highest BCUT2D eigenvalue weighted by Crippen LogP contribution is 2.22. The molecule has 3 heterocycles. The molecule has 164 valence electrons. The van der Waals surface area contributed by atoms with Crippen LogP contribution in [-0.2, 0) is 4.79 Å². The van der Waals surface area contributed by atoms with Crippen molar-refractivity contribution >= 4 is 41.0 Å². The number of carbonyl (C=O) groups excluding carboxylic acids is 2. The van der Waals surface area contributed by atoms with E-state index in [0.717, 1.165) is 25.9 Å². The van der Waals surface area contributed by atoms with Crippen LogP contribution >= 0.6 is 23.2 Å². The van der Waals surface area contributed by atoms with Crippen molar-refractivity contribution in [1.82, 2.24) is 19.8 Å². The quantitative estimate of drug-likeness (QED) is 0.678. The van der Waals surface area contributed by atoms with Crippen molar-refractivity contribution in [2.75, 3.05) is 50.8 Å². The van der Waals surface area contributed by atoms with E-state index in [9.17, 15) is 9.59 Å². The summed E-state index contributed by atoms with van der Waals surface area (Å²) < 4.78 is 5.53. The number of carbonyl (C=O) groups is 2. The average molecular weight is 464 g/mol. The predicted molar refractivity (Wildman–Crippen MR) is 118 cm³/mol. The molecular weight excluding hydrogens is 441 g/mol. The third-order valence-electron chi connectivity index (χ3n) is 5.42. The van der Waals surface area contributed by atoms with Crippen molar-refractivity contribution in [3.63, 3.8) is 0 Å². The molecule has 0 atom stereocenters. The normalized spacial score (nSPS) is 16.5. The molecule has 2 aliphatic rings. The molecule has 8 nitrogen and oxygen atoms in total. The summed E-state index contributed by atoms with van der Waals surface area (Å²) in [5.41, 5.74) is 0.212. The Morgan fingerprint density at radius 3 is 2.26 bits per heavy atom. The predicted octanol–water partition coefficient (Wildman–Crippen LogP) is 2.75. The molecule has 0 aliphatic carbocycles. The van der Waals surface area contributed by atoms with Gasteiger partial charge in [0.1, 0.15) is 5.75 Å². The van der Waals surface area contributed by atoms with Crippen molar-refractivity contribution in [3.8, 4) is 5.75 Å². The van der Waals surface area contributed by atoms with Gasteiger partial charge in [0, 0.05) is 44.3 Å². The second-order valence-corrected chi connectivity index (χ2v) is 8.32. The summed E-state index contributed by atoms with van der Waals surface area (Å²) in [6.45, 7) is 3.37. The largest absolute Gasteiger partial charge is 0.484 e. The van der Waals surface area contributed by atoms with Crippen LogP contribution in [0.25, 0.3) is 0 Å². The van der Waals surface area contributed by atoms with Gasteiger partial charge in [-0.1, -0.05) is 23.2 Å². The molecule has 0 saturated carbocycles. The Kier molecular flexibility index (Phi) is 6.77. The molecule has 2 aliphatic heterocycles. The first kappa shape index (κ1) is 21.6. The molecule has 0 radical (unpaired) electrons. The molecular formula is C21H23Cl2N5O3. The number of aromatic nitrogens is 2. The molecule has 0 spiro atoms. The van der Waals surface area contributed by atoms with Gasteiger partial charge in [-0.15, -0.1) is 0 Å². The maximum atomic E-state index is 13.0. The molecule has 2 fully saturated rings. The van der Waals surface area contributed by atoms with Gasteiger partial charge in [-0.05, 0) is 37.1 Å². The lowest BCUT2D eigenvalue weighted by atomic mass is 10.2. The zero-order valence-electron chi connectivity index (χ0n) is 17.0. The Labute approximate surface area is 190 Å². The third-order valence-corrected chi connectivity index (χ3v) is 5.95. The summed E-state index contributed by atoms with van der Waals surface area (Å²) >= 11 is 12.1. The van der Waals surface area contributed by atoms with Crippen molar-refractivity contribution < 1.29 is 14.3 Å². The van der Waals surface area contributed by atoms with Crippen LogP contribution < -0.4 is 9.64 Å². The van der Waals surface area contributed by atoms with E-state index in [0.29, 0.717) is 42.9 Å². The lowest BCUT2D eigenvalue weighted by Crippen LogP contribution is -2.51. The topological polar surface area (TPSA) is 78.9 Å². The van der Waals surface area contributed by atoms with Gasteiger partial charge in [0.2, 0.25) is 5.95 Å². The van der Waals surface area contributed by atoms with Crippen LogP contribution in [0.1, 0.15) is 23.3 Å². The second-order valence-electron chi connectivity index (χ2n) is 7.48. The Morgan fingerprint density at radius 2 is 1.58 bits per heavy atom. The number of rotatable bonds is 5. The number of nitrogens with zero attached hydrogens (tertiary/aromatic N) is 5. The SMILES string of the molecule is O=C(COc1ccc(Cl)cc1)N1CCN(C(=O)c2nc(N3CCCC3)ncc2Cl)CC1. The molecule has 2 saturated heterocycles.